The molecule has 0 unspecified atom stereocenters. The van der Waals surface area contributed by atoms with E-state index in [4.69, 9.17) is 4.74 Å². The van der Waals surface area contributed by atoms with Gasteiger partial charge in [0.2, 0.25) is 5.91 Å². The van der Waals surface area contributed by atoms with E-state index in [2.05, 4.69) is 5.32 Å². The van der Waals surface area contributed by atoms with Crippen molar-refractivity contribution < 1.29 is 9.53 Å². The van der Waals surface area contributed by atoms with Crippen LogP contribution in [0.5, 0.6) is 0 Å². The van der Waals surface area contributed by atoms with E-state index in [9.17, 15) is 4.79 Å². The van der Waals surface area contributed by atoms with E-state index < -0.39 is 0 Å². The van der Waals surface area contributed by atoms with Gasteiger partial charge in [-0.25, -0.2) is 0 Å². The Hall–Kier alpha value is -0.570. The summed E-state index contributed by atoms with van der Waals surface area (Å²) in [6, 6.07) is 0.235. The molecule has 0 aromatic heterocycles. The number of amides is 1. The number of rotatable bonds is 6. The van der Waals surface area contributed by atoms with E-state index in [0.717, 1.165) is 6.42 Å². The molecular weight excluding hydrogens is 166 g/mol. The van der Waals surface area contributed by atoms with Crippen molar-refractivity contribution in [2.24, 2.45) is 0 Å². The molecule has 0 heterocycles. The largest absolute Gasteiger partial charge is 0.379 e. The average molecular weight is 187 g/mol. The van der Waals surface area contributed by atoms with Crippen molar-refractivity contribution in [2.75, 3.05) is 6.61 Å². The third kappa shape index (κ3) is 9.34. The summed E-state index contributed by atoms with van der Waals surface area (Å²) in [7, 11) is 0. The second-order valence-corrected chi connectivity index (χ2v) is 3.75. The molecule has 0 aliphatic rings. The standard InChI is InChI=1S/C10H21NO2/c1-8(2)11-10(12)6-5-7-13-9(3)4/h8-9H,5-7H2,1-4H3,(H,11,12). The van der Waals surface area contributed by atoms with Crippen molar-refractivity contribution in [1.82, 2.24) is 5.32 Å². The molecule has 0 fully saturated rings. The van der Waals surface area contributed by atoms with Gasteiger partial charge in [-0.3, -0.25) is 4.79 Å². The minimum atomic E-state index is 0.113. The fourth-order valence-electron chi connectivity index (χ4n) is 0.946. The van der Waals surface area contributed by atoms with Crippen LogP contribution in [0.15, 0.2) is 0 Å². The first kappa shape index (κ1) is 12.4. The van der Waals surface area contributed by atoms with Gasteiger partial charge in [-0.2, -0.15) is 0 Å². The number of ether oxygens (including phenoxy) is 1. The smallest absolute Gasteiger partial charge is 0.220 e. The van der Waals surface area contributed by atoms with Crippen molar-refractivity contribution in [3.63, 3.8) is 0 Å². The molecule has 0 saturated heterocycles. The van der Waals surface area contributed by atoms with Gasteiger partial charge in [0.25, 0.3) is 0 Å². The molecule has 0 atom stereocenters. The van der Waals surface area contributed by atoms with Crippen molar-refractivity contribution in [3.8, 4) is 0 Å². The highest BCUT2D eigenvalue weighted by atomic mass is 16.5. The van der Waals surface area contributed by atoms with Crippen LogP contribution in [0.3, 0.4) is 0 Å². The summed E-state index contributed by atoms with van der Waals surface area (Å²) in [4.78, 5) is 11.1. The lowest BCUT2D eigenvalue weighted by Gasteiger charge is -2.09. The van der Waals surface area contributed by atoms with Crippen LogP contribution in [-0.2, 0) is 9.53 Å². The van der Waals surface area contributed by atoms with E-state index >= 15 is 0 Å². The minimum Gasteiger partial charge on any atom is -0.379 e. The summed E-state index contributed by atoms with van der Waals surface area (Å²) in [6.07, 6.45) is 1.62. The maximum Gasteiger partial charge on any atom is 0.220 e. The fraction of sp³-hybridized carbons (Fsp3) is 0.900. The summed E-state index contributed by atoms with van der Waals surface area (Å²) in [5, 5.41) is 2.84. The van der Waals surface area contributed by atoms with Crippen molar-refractivity contribution in [1.29, 1.82) is 0 Å². The number of nitrogens with one attached hydrogen (secondary N) is 1. The number of carbonyl (C=O) groups is 1. The third-order valence-corrected chi connectivity index (χ3v) is 1.45. The molecule has 0 saturated carbocycles. The molecule has 0 aliphatic heterocycles. The number of carbonyl (C=O) groups excluding carboxylic acids is 1. The van der Waals surface area contributed by atoms with Crippen molar-refractivity contribution in [2.45, 2.75) is 52.7 Å². The zero-order valence-corrected chi connectivity index (χ0v) is 9.09. The van der Waals surface area contributed by atoms with E-state index in [1.54, 1.807) is 0 Å². The highest BCUT2D eigenvalue weighted by Crippen LogP contribution is 1.94. The van der Waals surface area contributed by atoms with E-state index in [0.29, 0.717) is 13.0 Å². The molecule has 13 heavy (non-hydrogen) atoms. The van der Waals surface area contributed by atoms with Crippen LogP contribution in [0.1, 0.15) is 40.5 Å². The van der Waals surface area contributed by atoms with Gasteiger partial charge in [0.05, 0.1) is 6.10 Å². The molecule has 78 valence electrons. The van der Waals surface area contributed by atoms with Crippen molar-refractivity contribution >= 4 is 5.91 Å². The maximum absolute atomic E-state index is 11.1. The quantitative estimate of drug-likeness (QED) is 0.643. The first-order valence-electron chi connectivity index (χ1n) is 4.93. The summed E-state index contributed by atoms with van der Waals surface area (Å²) in [5.74, 6) is 0.113. The molecule has 3 nitrogen and oxygen atoms in total. The topological polar surface area (TPSA) is 38.3 Å². The lowest BCUT2D eigenvalue weighted by atomic mass is 10.3. The molecule has 0 rings (SSSR count). The molecule has 0 radical (unpaired) electrons. The summed E-state index contributed by atoms with van der Waals surface area (Å²) in [6.45, 7) is 8.58. The highest BCUT2D eigenvalue weighted by molar-refractivity contribution is 5.76. The summed E-state index contributed by atoms with van der Waals surface area (Å²) >= 11 is 0. The second-order valence-electron chi connectivity index (χ2n) is 3.75. The Morgan fingerprint density at radius 1 is 1.31 bits per heavy atom. The first-order valence-corrected chi connectivity index (χ1v) is 4.93. The van der Waals surface area contributed by atoms with Gasteiger partial charge in [0.1, 0.15) is 0 Å². The van der Waals surface area contributed by atoms with Crippen LogP contribution in [-0.4, -0.2) is 24.7 Å². The molecule has 0 aliphatic carbocycles. The Labute approximate surface area is 80.8 Å². The molecule has 0 spiro atoms. The lowest BCUT2D eigenvalue weighted by Crippen LogP contribution is -2.30. The molecule has 0 bridgehead atoms. The van der Waals surface area contributed by atoms with Crippen LogP contribution in [0.2, 0.25) is 0 Å². The summed E-state index contributed by atoms with van der Waals surface area (Å²) in [5.41, 5.74) is 0. The number of hydrogen-bond donors (Lipinski definition) is 1. The fourth-order valence-corrected chi connectivity index (χ4v) is 0.946. The van der Waals surface area contributed by atoms with Crippen molar-refractivity contribution in [3.05, 3.63) is 0 Å². The first-order chi connectivity index (χ1) is 6.02. The molecule has 0 aromatic carbocycles. The van der Waals surface area contributed by atoms with Gasteiger partial charge >= 0.3 is 0 Å². The van der Waals surface area contributed by atoms with Crippen LogP contribution in [0, 0.1) is 0 Å². The van der Waals surface area contributed by atoms with E-state index in [1.807, 2.05) is 27.7 Å². The third-order valence-electron chi connectivity index (χ3n) is 1.45. The Morgan fingerprint density at radius 3 is 2.38 bits per heavy atom. The van der Waals surface area contributed by atoms with E-state index in [1.165, 1.54) is 0 Å². The van der Waals surface area contributed by atoms with E-state index in [-0.39, 0.29) is 18.1 Å². The Morgan fingerprint density at radius 2 is 1.92 bits per heavy atom. The van der Waals surface area contributed by atoms with Gasteiger partial charge < -0.3 is 10.1 Å². The molecule has 1 amide bonds. The second kappa shape index (κ2) is 6.89. The predicted octanol–water partition coefficient (Wildman–Crippen LogP) is 1.72. The van der Waals surface area contributed by atoms with Gasteiger partial charge in [0, 0.05) is 19.1 Å². The monoisotopic (exact) mass is 187 g/mol. The zero-order valence-electron chi connectivity index (χ0n) is 9.09. The summed E-state index contributed by atoms with van der Waals surface area (Å²) < 4.78 is 5.32. The Kier molecular flexibility index (Phi) is 6.59. The normalized spacial score (nSPS) is 10.9. The SMILES string of the molecule is CC(C)NC(=O)CCCOC(C)C. The van der Waals surface area contributed by atoms with Crippen LogP contribution in [0.25, 0.3) is 0 Å². The average Bonchev–Trinajstić information content (AvgIpc) is 1.96. The zero-order chi connectivity index (χ0) is 10.3. The maximum atomic E-state index is 11.1. The van der Waals surface area contributed by atoms with Gasteiger partial charge in [0.15, 0.2) is 0 Å². The number of hydrogen-bond acceptors (Lipinski definition) is 2. The molecule has 1 N–H and O–H groups in total. The van der Waals surface area contributed by atoms with Gasteiger partial charge in [-0.05, 0) is 34.1 Å². The molecular formula is C10H21NO2. The lowest BCUT2D eigenvalue weighted by molar-refractivity contribution is -0.122. The minimum absolute atomic E-state index is 0.113. The van der Waals surface area contributed by atoms with Gasteiger partial charge in [-0.1, -0.05) is 0 Å². The van der Waals surface area contributed by atoms with Crippen LogP contribution >= 0.6 is 0 Å². The molecule has 3 heteroatoms. The van der Waals surface area contributed by atoms with Gasteiger partial charge in [-0.15, -0.1) is 0 Å². The highest BCUT2D eigenvalue weighted by Gasteiger charge is 2.02. The molecule has 0 aromatic rings. The Bertz CT molecular complexity index is 144. The predicted molar refractivity (Wildman–Crippen MR) is 53.6 cm³/mol. The van der Waals surface area contributed by atoms with Crippen LogP contribution < -0.4 is 5.32 Å². The van der Waals surface area contributed by atoms with Crippen LogP contribution in [0.4, 0.5) is 0 Å². The Balaban J connectivity index is 3.27.